The average molecular weight is 314 g/mol. The number of halogens is 6. The first-order chi connectivity index (χ1) is 9.41. The maximum absolute atomic E-state index is 13.1. The van der Waals surface area contributed by atoms with Crippen molar-refractivity contribution in [1.82, 2.24) is 5.32 Å². The van der Waals surface area contributed by atoms with Crippen LogP contribution in [0.15, 0.2) is 24.3 Å². The topological polar surface area (TPSA) is 41.1 Å². The first-order valence-corrected chi connectivity index (χ1v) is 5.67. The van der Waals surface area contributed by atoms with Gasteiger partial charge in [-0.25, -0.2) is 0 Å². The molecule has 3 nitrogen and oxygen atoms in total. The molecule has 2 N–H and O–H groups in total. The fourth-order valence-electron chi connectivity index (χ4n) is 1.65. The number of nitrogens with one attached hydrogen (secondary N) is 2. The predicted octanol–water partition coefficient (Wildman–Crippen LogP) is 3.36. The van der Waals surface area contributed by atoms with E-state index in [1.165, 1.54) is 30.4 Å². The lowest BCUT2D eigenvalue weighted by molar-refractivity contribution is -0.295. The minimum absolute atomic E-state index is 0.167. The van der Waals surface area contributed by atoms with Crippen molar-refractivity contribution in [3.63, 3.8) is 0 Å². The van der Waals surface area contributed by atoms with Crippen LogP contribution in [-0.2, 0) is 4.79 Å². The van der Waals surface area contributed by atoms with E-state index in [-0.39, 0.29) is 11.3 Å². The fourth-order valence-corrected chi connectivity index (χ4v) is 1.65. The number of hydrogen-bond acceptors (Lipinski definition) is 2. The molecule has 0 heterocycles. The summed E-state index contributed by atoms with van der Waals surface area (Å²) in [5, 5.41) is 2.34. The van der Waals surface area contributed by atoms with E-state index in [1.54, 1.807) is 0 Å². The highest BCUT2D eigenvalue weighted by molar-refractivity contribution is 5.75. The third-order valence-electron chi connectivity index (χ3n) is 2.68. The molecule has 0 fully saturated rings. The Hall–Kier alpha value is -1.93. The first kappa shape index (κ1) is 17.1. The van der Waals surface area contributed by atoms with Crippen molar-refractivity contribution in [3.8, 4) is 0 Å². The number of amides is 1. The molecule has 1 amide bonds. The predicted molar refractivity (Wildman–Crippen MR) is 63.5 cm³/mol. The molecule has 0 spiro atoms. The molecule has 0 atom stereocenters. The molecule has 0 unspecified atom stereocenters. The number of aryl methyl sites for hydroxylation is 1. The van der Waals surface area contributed by atoms with Crippen LogP contribution in [0.4, 0.5) is 32.0 Å². The van der Waals surface area contributed by atoms with Gasteiger partial charge in [0, 0.05) is 12.6 Å². The van der Waals surface area contributed by atoms with Crippen molar-refractivity contribution >= 4 is 11.6 Å². The number of hydrogen-bond donors (Lipinski definition) is 2. The second-order valence-electron chi connectivity index (χ2n) is 4.37. The molecule has 0 aliphatic heterocycles. The minimum atomic E-state index is -5.79. The van der Waals surface area contributed by atoms with Gasteiger partial charge >= 0.3 is 18.0 Å². The largest absolute Gasteiger partial charge is 0.439 e. The van der Waals surface area contributed by atoms with Gasteiger partial charge in [-0.05, 0) is 18.6 Å². The zero-order chi connectivity index (χ0) is 16.5. The van der Waals surface area contributed by atoms with Gasteiger partial charge in [-0.15, -0.1) is 0 Å². The second kappa shape index (κ2) is 5.45. The van der Waals surface area contributed by atoms with Crippen molar-refractivity contribution in [2.45, 2.75) is 31.9 Å². The van der Waals surface area contributed by atoms with E-state index >= 15 is 0 Å². The Labute approximate surface area is 116 Å². The summed E-state index contributed by atoms with van der Waals surface area (Å²) in [7, 11) is 0. The van der Waals surface area contributed by atoms with Crippen molar-refractivity contribution in [2.24, 2.45) is 0 Å². The zero-order valence-corrected chi connectivity index (χ0v) is 11.0. The highest BCUT2D eigenvalue weighted by atomic mass is 19.4. The summed E-state index contributed by atoms with van der Waals surface area (Å²) >= 11 is 0. The third kappa shape index (κ3) is 3.40. The summed E-state index contributed by atoms with van der Waals surface area (Å²) in [6, 6.07) is 5.14. The molecule has 21 heavy (non-hydrogen) atoms. The van der Waals surface area contributed by atoms with Crippen LogP contribution in [0.5, 0.6) is 0 Å². The van der Waals surface area contributed by atoms with Gasteiger partial charge in [0.2, 0.25) is 5.91 Å². The SMILES string of the molecule is CC(=O)NC(Nc1ccccc1C)(C(F)(F)F)C(F)(F)F. The number of carbonyl (C=O) groups excluding carboxylic acids is 1. The van der Waals surface area contributed by atoms with Gasteiger partial charge in [-0.3, -0.25) is 4.79 Å². The van der Waals surface area contributed by atoms with Gasteiger partial charge in [0.1, 0.15) is 0 Å². The standard InChI is InChI=1S/C12H12F6N2O/c1-7-5-3-4-6-9(7)20-10(11(13,14)15,12(16,17)18)19-8(2)21/h3-6,20H,1-2H3,(H,19,21). The highest BCUT2D eigenvalue weighted by Crippen LogP contribution is 2.43. The average Bonchev–Trinajstić information content (AvgIpc) is 2.27. The first-order valence-electron chi connectivity index (χ1n) is 5.67. The van der Waals surface area contributed by atoms with E-state index in [1.807, 2.05) is 0 Å². The summed E-state index contributed by atoms with van der Waals surface area (Å²) in [6.45, 7) is 1.92. The number of anilines is 1. The second-order valence-corrected chi connectivity index (χ2v) is 4.37. The summed E-state index contributed by atoms with van der Waals surface area (Å²) in [4.78, 5) is 10.9. The van der Waals surface area contributed by atoms with Crippen molar-refractivity contribution < 1.29 is 31.1 Å². The van der Waals surface area contributed by atoms with Crippen molar-refractivity contribution in [3.05, 3.63) is 29.8 Å². The summed E-state index contributed by atoms with van der Waals surface area (Å²) < 4.78 is 78.3. The molecule has 0 saturated heterocycles. The Bertz CT molecular complexity index is 509. The van der Waals surface area contributed by atoms with Crippen LogP contribution in [0.1, 0.15) is 12.5 Å². The van der Waals surface area contributed by atoms with Crippen molar-refractivity contribution in [2.75, 3.05) is 5.32 Å². The third-order valence-corrected chi connectivity index (χ3v) is 2.68. The molecule has 0 saturated carbocycles. The number of alkyl halides is 6. The number of rotatable bonds is 3. The lowest BCUT2D eigenvalue weighted by Gasteiger charge is -2.39. The van der Waals surface area contributed by atoms with Crippen molar-refractivity contribution in [1.29, 1.82) is 0 Å². The molecule has 0 aromatic heterocycles. The van der Waals surface area contributed by atoms with Crippen LogP contribution >= 0.6 is 0 Å². The zero-order valence-electron chi connectivity index (χ0n) is 11.0. The van der Waals surface area contributed by atoms with Gasteiger partial charge in [-0.2, -0.15) is 26.3 Å². The number of benzene rings is 1. The van der Waals surface area contributed by atoms with Gasteiger partial charge in [0.25, 0.3) is 0 Å². The van der Waals surface area contributed by atoms with E-state index < -0.39 is 23.9 Å². The van der Waals surface area contributed by atoms with Crippen LogP contribution in [0.25, 0.3) is 0 Å². The lowest BCUT2D eigenvalue weighted by atomic mass is 10.1. The molecule has 0 aliphatic carbocycles. The number of para-hydroxylation sites is 1. The Kier molecular flexibility index (Phi) is 4.45. The lowest BCUT2D eigenvalue weighted by Crippen LogP contribution is -2.72. The van der Waals surface area contributed by atoms with E-state index in [0.717, 1.165) is 11.4 Å². The highest BCUT2D eigenvalue weighted by Gasteiger charge is 2.72. The van der Waals surface area contributed by atoms with Crippen LogP contribution in [0.3, 0.4) is 0 Å². The van der Waals surface area contributed by atoms with Crippen LogP contribution < -0.4 is 10.6 Å². The molecule has 118 valence electrons. The molecule has 9 heteroatoms. The summed E-state index contributed by atoms with van der Waals surface area (Å²) in [5.74, 6) is -1.47. The number of carbonyl (C=O) groups is 1. The van der Waals surface area contributed by atoms with E-state index in [2.05, 4.69) is 0 Å². The quantitative estimate of drug-likeness (QED) is 0.663. The summed E-state index contributed by atoms with van der Waals surface area (Å²) in [5.41, 5.74) is -4.78. The molecule has 0 bridgehead atoms. The molecule has 1 rings (SSSR count). The van der Waals surface area contributed by atoms with E-state index in [9.17, 15) is 31.1 Å². The smallest absolute Gasteiger partial charge is 0.347 e. The maximum Gasteiger partial charge on any atom is 0.439 e. The van der Waals surface area contributed by atoms with Gasteiger partial charge in [-0.1, -0.05) is 18.2 Å². The molecule has 0 aliphatic rings. The van der Waals surface area contributed by atoms with Crippen LogP contribution in [0, 0.1) is 6.92 Å². The molecule has 1 aromatic rings. The van der Waals surface area contributed by atoms with E-state index in [0.29, 0.717) is 6.92 Å². The Morgan fingerprint density at radius 1 is 1.00 bits per heavy atom. The van der Waals surface area contributed by atoms with Gasteiger partial charge in [0.15, 0.2) is 0 Å². The maximum atomic E-state index is 13.1. The van der Waals surface area contributed by atoms with Crippen LogP contribution in [-0.4, -0.2) is 23.9 Å². The van der Waals surface area contributed by atoms with Crippen LogP contribution in [0.2, 0.25) is 0 Å². The Morgan fingerprint density at radius 2 is 1.48 bits per heavy atom. The Morgan fingerprint density at radius 3 is 1.86 bits per heavy atom. The van der Waals surface area contributed by atoms with Gasteiger partial charge in [0.05, 0.1) is 0 Å². The van der Waals surface area contributed by atoms with E-state index in [4.69, 9.17) is 0 Å². The minimum Gasteiger partial charge on any atom is -0.347 e. The molecular weight excluding hydrogens is 302 g/mol. The summed E-state index contributed by atoms with van der Waals surface area (Å²) in [6.07, 6.45) is -11.6. The molecule has 1 aromatic carbocycles. The monoisotopic (exact) mass is 314 g/mol. The molecular formula is C12H12F6N2O. The Balaban J connectivity index is 3.43. The normalized spacial score (nSPS) is 13.0. The fraction of sp³-hybridized carbons (Fsp3) is 0.417. The van der Waals surface area contributed by atoms with Gasteiger partial charge < -0.3 is 10.6 Å². The molecule has 0 radical (unpaired) electrons.